The Labute approximate surface area is 209 Å². The first-order valence-electron chi connectivity index (χ1n) is 10.6. The number of alkyl halides is 3. The van der Waals surface area contributed by atoms with Crippen molar-refractivity contribution in [1.82, 2.24) is 4.90 Å². The lowest BCUT2D eigenvalue weighted by Gasteiger charge is -2.26. The van der Waals surface area contributed by atoms with Crippen LogP contribution < -0.4 is 9.47 Å². The summed E-state index contributed by atoms with van der Waals surface area (Å²) in [5, 5.41) is 11.2. The predicted octanol–water partition coefficient (Wildman–Crippen LogP) is 5.21. The number of carbonyl (C=O) groups is 1. The van der Waals surface area contributed by atoms with Gasteiger partial charge in [0.05, 0.1) is 35.3 Å². The molecule has 1 aliphatic rings. The van der Waals surface area contributed by atoms with Gasteiger partial charge in [0, 0.05) is 18.7 Å². The van der Waals surface area contributed by atoms with Crippen LogP contribution in [0.3, 0.4) is 0 Å². The third-order valence-electron chi connectivity index (χ3n) is 4.99. The summed E-state index contributed by atoms with van der Waals surface area (Å²) in [7, 11) is 0. The number of amides is 1. The fourth-order valence-corrected chi connectivity index (χ4v) is 3.51. The molecule has 0 aliphatic carbocycles. The van der Waals surface area contributed by atoms with Gasteiger partial charge in [-0.15, -0.1) is 6.58 Å². The van der Waals surface area contributed by atoms with E-state index in [1.54, 1.807) is 0 Å². The van der Waals surface area contributed by atoms with Gasteiger partial charge in [0.15, 0.2) is 12.4 Å². The summed E-state index contributed by atoms with van der Waals surface area (Å²) in [6, 6.07) is 5.98. The monoisotopic (exact) mass is 530 g/mol. The van der Waals surface area contributed by atoms with Crippen LogP contribution in [0.5, 0.6) is 17.2 Å². The zero-order chi connectivity index (χ0) is 26.5. The Kier molecular flexibility index (Phi) is 8.77. The van der Waals surface area contributed by atoms with E-state index in [4.69, 9.17) is 30.5 Å². The molecule has 13 heteroatoms. The maximum absolute atomic E-state index is 13.0. The van der Waals surface area contributed by atoms with Crippen LogP contribution in [0, 0.1) is 10.1 Å². The first-order valence-corrected chi connectivity index (χ1v) is 11.0. The van der Waals surface area contributed by atoms with Crippen molar-refractivity contribution in [2.24, 2.45) is 0 Å². The fourth-order valence-electron chi connectivity index (χ4n) is 3.29. The van der Waals surface area contributed by atoms with E-state index in [1.807, 2.05) is 0 Å². The van der Waals surface area contributed by atoms with Gasteiger partial charge >= 0.3 is 11.9 Å². The number of nitrogens with zero attached hydrogens (tertiary/aromatic N) is 2. The number of hydrogen-bond donors (Lipinski definition) is 0. The van der Waals surface area contributed by atoms with Crippen LogP contribution in [0.15, 0.2) is 49.1 Å². The molecule has 0 aromatic heterocycles. The number of nitro groups is 1. The zero-order valence-corrected chi connectivity index (χ0v) is 19.8. The lowest BCUT2D eigenvalue weighted by Crippen LogP contribution is -2.44. The highest BCUT2D eigenvalue weighted by atomic mass is 35.5. The Balaban J connectivity index is 1.80. The maximum Gasteiger partial charge on any atom is 0.416 e. The normalized spacial score (nSPS) is 14.8. The van der Waals surface area contributed by atoms with Crippen molar-refractivity contribution in [3.63, 3.8) is 0 Å². The van der Waals surface area contributed by atoms with Crippen LogP contribution in [-0.2, 0) is 20.4 Å². The van der Waals surface area contributed by atoms with E-state index in [1.165, 1.54) is 24.0 Å². The largest absolute Gasteiger partial charge is 0.474 e. The molecule has 1 aliphatic heterocycles. The molecule has 3 rings (SSSR count). The molecule has 1 unspecified atom stereocenters. The molecule has 0 spiro atoms. The zero-order valence-electron chi connectivity index (χ0n) is 19.0. The third kappa shape index (κ3) is 6.86. The van der Waals surface area contributed by atoms with Crippen molar-refractivity contribution >= 4 is 23.2 Å². The minimum absolute atomic E-state index is 0.00684. The van der Waals surface area contributed by atoms with Crippen molar-refractivity contribution in [3.8, 4) is 17.2 Å². The van der Waals surface area contributed by atoms with Gasteiger partial charge in [-0.3, -0.25) is 14.9 Å². The summed E-state index contributed by atoms with van der Waals surface area (Å²) in [6.07, 6.45) is -4.85. The first kappa shape index (κ1) is 27.2. The van der Waals surface area contributed by atoms with Crippen LogP contribution in [-0.4, -0.2) is 54.4 Å². The van der Waals surface area contributed by atoms with Crippen LogP contribution in [0.4, 0.5) is 18.9 Å². The van der Waals surface area contributed by atoms with E-state index in [2.05, 4.69) is 6.58 Å². The summed E-state index contributed by atoms with van der Waals surface area (Å²) in [4.78, 5) is 25.2. The summed E-state index contributed by atoms with van der Waals surface area (Å²) >= 11 is 5.92. The molecule has 1 atom stereocenters. The average molecular weight is 531 g/mol. The summed E-state index contributed by atoms with van der Waals surface area (Å²) in [6.45, 7) is 6.10. The Bertz CT molecular complexity index is 1120. The van der Waals surface area contributed by atoms with E-state index >= 15 is 0 Å². The van der Waals surface area contributed by atoms with Gasteiger partial charge < -0.3 is 23.8 Å². The molecular formula is C23H22ClF3N2O7. The summed E-state index contributed by atoms with van der Waals surface area (Å²) in [5.74, 6) is -0.899. The number of halogens is 4. The Hall–Kier alpha value is -3.35. The van der Waals surface area contributed by atoms with Gasteiger partial charge in [0.1, 0.15) is 11.5 Å². The van der Waals surface area contributed by atoms with E-state index in [0.29, 0.717) is 19.3 Å². The van der Waals surface area contributed by atoms with Gasteiger partial charge in [-0.05, 0) is 31.2 Å². The lowest BCUT2D eigenvalue weighted by atomic mass is 10.2. The van der Waals surface area contributed by atoms with Gasteiger partial charge in [-0.1, -0.05) is 17.7 Å². The van der Waals surface area contributed by atoms with Crippen LogP contribution in [0.1, 0.15) is 12.5 Å². The minimum Gasteiger partial charge on any atom is -0.474 e. The van der Waals surface area contributed by atoms with Gasteiger partial charge in [-0.25, -0.2) is 0 Å². The van der Waals surface area contributed by atoms with Crippen LogP contribution >= 0.6 is 11.6 Å². The summed E-state index contributed by atoms with van der Waals surface area (Å²) < 4.78 is 60.5. The predicted molar refractivity (Wildman–Crippen MR) is 122 cm³/mol. The summed E-state index contributed by atoms with van der Waals surface area (Å²) in [5.41, 5.74) is -1.41. The highest BCUT2D eigenvalue weighted by Gasteiger charge is 2.31. The number of benzene rings is 2. The molecule has 9 nitrogen and oxygen atoms in total. The number of rotatable bonds is 10. The van der Waals surface area contributed by atoms with Gasteiger partial charge in [-0.2, -0.15) is 13.2 Å². The maximum atomic E-state index is 13.0. The van der Waals surface area contributed by atoms with Gasteiger partial charge in [0.25, 0.3) is 5.91 Å². The Morgan fingerprint density at radius 3 is 2.56 bits per heavy atom. The Morgan fingerprint density at radius 2 is 1.97 bits per heavy atom. The molecule has 2 aromatic carbocycles. The number of ether oxygens (including phenoxy) is 4. The smallest absolute Gasteiger partial charge is 0.416 e. The fraction of sp³-hybridized carbons (Fsp3) is 0.348. The standard InChI is InChI=1S/C23H22ClF3N2O7/c1-3-8-28(13-21-33-9-10-34-21)22(30)14(2)35-20-12-16(5-6-18(20)29(31)32)36-19-7-4-15(11-17(19)24)23(25,26)27/h3-7,11-12,14,21H,1,8-10,13H2,2H3. The minimum atomic E-state index is -4.59. The Morgan fingerprint density at radius 1 is 1.28 bits per heavy atom. The van der Waals surface area contributed by atoms with Crippen molar-refractivity contribution in [3.05, 3.63) is 69.8 Å². The topological polar surface area (TPSA) is 100 Å². The van der Waals surface area contributed by atoms with Crippen molar-refractivity contribution in [2.45, 2.75) is 25.5 Å². The van der Waals surface area contributed by atoms with E-state index in [0.717, 1.165) is 24.3 Å². The third-order valence-corrected chi connectivity index (χ3v) is 5.28. The molecule has 36 heavy (non-hydrogen) atoms. The molecular weight excluding hydrogens is 509 g/mol. The molecule has 0 saturated carbocycles. The highest BCUT2D eigenvalue weighted by molar-refractivity contribution is 6.32. The first-order chi connectivity index (χ1) is 17.0. The van der Waals surface area contributed by atoms with Crippen molar-refractivity contribution < 1.29 is 41.8 Å². The lowest BCUT2D eigenvalue weighted by molar-refractivity contribution is -0.386. The molecule has 1 amide bonds. The molecule has 1 fully saturated rings. The SMILES string of the molecule is C=CCN(CC1OCCO1)C(=O)C(C)Oc1cc(Oc2ccc(C(F)(F)F)cc2Cl)ccc1[N+](=O)[O-]. The quantitative estimate of drug-likeness (QED) is 0.236. The molecule has 0 bridgehead atoms. The van der Waals surface area contributed by atoms with Gasteiger partial charge in [0.2, 0.25) is 5.75 Å². The second-order valence-corrected chi connectivity index (χ2v) is 8.00. The average Bonchev–Trinajstić information content (AvgIpc) is 3.32. The van der Waals surface area contributed by atoms with E-state index in [9.17, 15) is 28.1 Å². The van der Waals surface area contributed by atoms with E-state index < -0.39 is 40.7 Å². The molecule has 1 heterocycles. The molecule has 1 saturated heterocycles. The molecule has 2 aromatic rings. The molecule has 194 valence electrons. The second kappa shape index (κ2) is 11.6. The van der Waals surface area contributed by atoms with Crippen LogP contribution in [0.25, 0.3) is 0 Å². The molecule has 0 radical (unpaired) electrons. The number of carbonyl (C=O) groups excluding carboxylic acids is 1. The molecule has 0 N–H and O–H groups in total. The highest BCUT2D eigenvalue weighted by Crippen LogP contribution is 2.38. The van der Waals surface area contributed by atoms with Crippen molar-refractivity contribution in [1.29, 1.82) is 0 Å². The van der Waals surface area contributed by atoms with Crippen LogP contribution in [0.2, 0.25) is 5.02 Å². The second-order valence-electron chi connectivity index (χ2n) is 7.59. The number of hydrogen-bond acceptors (Lipinski definition) is 7. The van der Waals surface area contributed by atoms with Crippen molar-refractivity contribution in [2.75, 3.05) is 26.3 Å². The van der Waals surface area contributed by atoms with E-state index in [-0.39, 0.29) is 35.4 Å². The number of nitro benzene ring substituents is 1.